The summed E-state index contributed by atoms with van der Waals surface area (Å²) in [6.07, 6.45) is -1.48. The Morgan fingerprint density at radius 2 is 0.720 bits per heavy atom. The number of benzene rings is 4. The normalized spacial score (nSPS) is 13.5. The Labute approximate surface area is 289 Å². The third-order valence-electron chi connectivity index (χ3n) is 8.46. The zero-order valence-electron chi connectivity index (χ0n) is 29.1. The van der Waals surface area contributed by atoms with Crippen molar-refractivity contribution in [3.63, 3.8) is 0 Å². The van der Waals surface area contributed by atoms with Crippen LogP contribution in [0.15, 0.2) is 72.8 Å². The highest BCUT2D eigenvalue weighted by Gasteiger charge is 2.40. The van der Waals surface area contributed by atoms with Crippen molar-refractivity contribution in [2.75, 3.05) is 23.9 Å². The molecule has 2 aliphatic rings. The van der Waals surface area contributed by atoms with Crippen LogP contribution >= 0.6 is 0 Å². The summed E-state index contributed by atoms with van der Waals surface area (Å²) >= 11 is 0. The molecule has 4 aromatic rings. The molecule has 0 atom stereocenters. The monoisotopic (exact) mass is 672 g/mol. The van der Waals surface area contributed by atoms with Crippen molar-refractivity contribution in [1.82, 2.24) is 0 Å². The zero-order chi connectivity index (χ0) is 36.4. The fourth-order valence-electron chi connectivity index (χ4n) is 6.28. The van der Waals surface area contributed by atoms with Crippen molar-refractivity contribution >= 4 is 46.7 Å². The van der Waals surface area contributed by atoms with Gasteiger partial charge in [0.25, 0.3) is 0 Å². The first kappa shape index (κ1) is 34.0. The summed E-state index contributed by atoms with van der Waals surface area (Å²) in [5, 5.41) is 0. The lowest BCUT2D eigenvalue weighted by atomic mass is 9.75. The Bertz CT molecular complexity index is 2030. The molecule has 0 heterocycles. The highest BCUT2D eigenvalue weighted by molar-refractivity contribution is 6.35. The first-order valence-corrected chi connectivity index (χ1v) is 16.1. The van der Waals surface area contributed by atoms with E-state index in [0.717, 1.165) is 0 Å². The van der Waals surface area contributed by atoms with Gasteiger partial charge in [0.05, 0.1) is 22.5 Å². The summed E-state index contributed by atoms with van der Waals surface area (Å²) in [5.41, 5.74) is -0.503. The lowest BCUT2D eigenvalue weighted by molar-refractivity contribution is 0.0578. The number of fused-ring (bicyclic) bond motifs is 4. The van der Waals surface area contributed by atoms with Crippen molar-refractivity contribution < 1.29 is 38.2 Å². The van der Waals surface area contributed by atoms with Crippen LogP contribution in [0.1, 0.15) is 105 Å². The maximum Gasteiger partial charge on any atom is 0.414 e. The number of carbonyl (C=O) groups is 6. The average Bonchev–Trinajstić information content (AvgIpc) is 3.06. The number of rotatable bonds is 3. The summed E-state index contributed by atoms with van der Waals surface area (Å²) < 4.78 is 11.2. The molecule has 4 aromatic carbocycles. The van der Waals surface area contributed by atoms with Crippen molar-refractivity contribution in [3.05, 3.63) is 117 Å². The Hall–Kier alpha value is -5.90. The van der Waals surface area contributed by atoms with E-state index in [4.69, 9.17) is 9.47 Å². The van der Waals surface area contributed by atoms with Crippen LogP contribution in [0.3, 0.4) is 0 Å². The van der Waals surface area contributed by atoms with E-state index in [1.807, 2.05) is 0 Å². The van der Waals surface area contributed by atoms with Crippen LogP contribution in [0.5, 0.6) is 0 Å². The SMILES string of the molecule is CN(C(=O)OC(C)(C)C)c1ccc(-c2ccc(N(C)C(=O)OC(C)(C)C)c3c2C(=O)c2ccccc2C3=O)c2c1C(=O)c1ccccc1C2=O. The minimum atomic E-state index is -0.839. The molecule has 50 heavy (non-hydrogen) atoms. The Balaban J connectivity index is 1.64. The first-order chi connectivity index (χ1) is 23.4. The van der Waals surface area contributed by atoms with Crippen LogP contribution in [0.2, 0.25) is 0 Å². The highest BCUT2D eigenvalue weighted by Crippen LogP contribution is 2.45. The van der Waals surface area contributed by atoms with E-state index in [9.17, 15) is 28.8 Å². The predicted octanol–water partition coefficient (Wildman–Crippen LogP) is 7.65. The third kappa shape index (κ3) is 5.66. The molecule has 6 rings (SSSR count). The minimum absolute atomic E-state index is 0.0313. The van der Waals surface area contributed by atoms with Crippen LogP contribution < -0.4 is 9.80 Å². The molecule has 0 saturated heterocycles. The van der Waals surface area contributed by atoms with Crippen LogP contribution in [-0.2, 0) is 9.47 Å². The molecule has 0 saturated carbocycles. The molecule has 0 spiro atoms. The lowest BCUT2D eigenvalue weighted by Gasteiger charge is -2.31. The number of ketones is 4. The van der Waals surface area contributed by atoms with Crippen molar-refractivity contribution in [1.29, 1.82) is 0 Å². The summed E-state index contributed by atoms with van der Waals surface area (Å²) in [6.45, 7) is 10.3. The number of ether oxygens (including phenoxy) is 2. The molecule has 0 aromatic heterocycles. The number of amides is 2. The molecule has 2 amide bonds. The quantitative estimate of drug-likeness (QED) is 0.188. The standard InChI is InChI=1S/C40H36N2O8/c1-39(2,3)49-37(47)41(7)27-19-17-21(29-31(27)35(45)25-15-11-9-13-23(25)33(29)43)22-18-20-28(42(8)38(48)50-40(4,5)6)32-30(22)34(44)24-14-10-12-16-26(24)36(32)46/h9-20H,1-8H3. The van der Waals surface area contributed by atoms with Gasteiger partial charge in [0.2, 0.25) is 0 Å². The number of hydrogen-bond acceptors (Lipinski definition) is 8. The van der Waals surface area contributed by atoms with Crippen molar-refractivity contribution in [3.8, 4) is 11.1 Å². The van der Waals surface area contributed by atoms with Crippen LogP contribution in [0, 0.1) is 0 Å². The van der Waals surface area contributed by atoms with Gasteiger partial charge in [0.1, 0.15) is 11.2 Å². The molecule has 2 aliphatic carbocycles. The molecule has 0 N–H and O–H groups in total. The van der Waals surface area contributed by atoms with Crippen LogP contribution in [0.25, 0.3) is 11.1 Å². The second-order valence-corrected chi connectivity index (χ2v) is 14.3. The molecule has 0 radical (unpaired) electrons. The molecule has 0 aliphatic heterocycles. The Morgan fingerprint density at radius 1 is 0.440 bits per heavy atom. The van der Waals surface area contributed by atoms with Gasteiger partial charge in [-0.2, -0.15) is 0 Å². The number of carbonyl (C=O) groups excluding carboxylic acids is 6. The Kier molecular flexibility index (Phi) is 8.09. The van der Waals surface area contributed by atoms with Crippen molar-refractivity contribution in [2.24, 2.45) is 0 Å². The fourth-order valence-corrected chi connectivity index (χ4v) is 6.28. The first-order valence-electron chi connectivity index (χ1n) is 16.1. The molecule has 10 heteroatoms. The van der Waals surface area contributed by atoms with E-state index < -0.39 is 46.5 Å². The second kappa shape index (κ2) is 11.9. The maximum atomic E-state index is 14.4. The number of nitrogens with zero attached hydrogens (tertiary/aromatic N) is 2. The largest absolute Gasteiger partial charge is 0.443 e. The second-order valence-electron chi connectivity index (χ2n) is 14.3. The van der Waals surface area contributed by atoms with E-state index in [1.165, 1.54) is 36.0 Å². The van der Waals surface area contributed by atoms with Gasteiger partial charge in [-0.3, -0.25) is 29.0 Å². The Morgan fingerprint density at radius 3 is 1.00 bits per heavy atom. The van der Waals surface area contributed by atoms with E-state index >= 15 is 0 Å². The summed E-state index contributed by atoms with van der Waals surface area (Å²) in [5.74, 6) is -1.98. The molecule has 10 nitrogen and oxygen atoms in total. The zero-order valence-corrected chi connectivity index (χ0v) is 29.1. The van der Waals surface area contributed by atoms with Crippen molar-refractivity contribution in [2.45, 2.75) is 52.7 Å². The smallest absolute Gasteiger partial charge is 0.414 e. The third-order valence-corrected chi connectivity index (χ3v) is 8.46. The van der Waals surface area contributed by atoms with Gasteiger partial charge in [-0.15, -0.1) is 0 Å². The van der Waals surface area contributed by atoms with Gasteiger partial charge in [-0.1, -0.05) is 60.7 Å². The molecule has 0 unspecified atom stereocenters. The van der Waals surface area contributed by atoms with Gasteiger partial charge < -0.3 is 9.47 Å². The predicted molar refractivity (Wildman–Crippen MR) is 188 cm³/mol. The van der Waals surface area contributed by atoms with Gasteiger partial charge in [-0.25, -0.2) is 9.59 Å². The molecule has 254 valence electrons. The maximum absolute atomic E-state index is 14.4. The van der Waals surface area contributed by atoms with E-state index in [1.54, 1.807) is 102 Å². The summed E-state index contributed by atoms with van der Waals surface area (Å²) in [4.78, 5) is 86.2. The molecular formula is C40H36N2O8. The molecule has 0 bridgehead atoms. The fraction of sp³-hybridized carbons (Fsp3) is 0.250. The summed E-state index contributed by atoms with van der Waals surface area (Å²) in [7, 11) is 2.90. The minimum Gasteiger partial charge on any atom is -0.443 e. The topological polar surface area (TPSA) is 127 Å². The van der Waals surface area contributed by atoms with Gasteiger partial charge >= 0.3 is 12.2 Å². The van der Waals surface area contributed by atoms with Gasteiger partial charge in [0, 0.05) is 47.5 Å². The molecule has 0 fully saturated rings. The van der Waals surface area contributed by atoms with E-state index in [-0.39, 0.29) is 67.0 Å². The average molecular weight is 673 g/mol. The molecular weight excluding hydrogens is 636 g/mol. The summed E-state index contributed by atoms with van der Waals surface area (Å²) in [6, 6.07) is 18.9. The van der Waals surface area contributed by atoms with Crippen LogP contribution in [-0.4, -0.2) is 60.6 Å². The van der Waals surface area contributed by atoms with E-state index in [0.29, 0.717) is 0 Å². The van der Waals surface area contributed by atoms with E-state index in [2.05, 4.69) is 0 Å². The number of hydrogen-bond donors (Lipinski definition) is 0. The lowest BCUT2D eigenvalue weighted by Crippen LogP contribution is -2.36. The highest BCUT2D eigenvalue weighted by atomic mass is 16.6. The van der Waals surface area contributed by atoms with Gasteiger partial charge in [-0.05, 0) is 64.8 Å². The van der Waals surface area contributed by atoms with Crippen LogP contribution in [0.4, 0.5) is 21.0 Å². The number of anilines is 2. The van der Waals surface area contributed by atoms with Gasteiger partial charge in [0.15, 0.2) is 23.1 Å².